The minimum atomic E-state index is -4.39. The molecule has 7 heteroatoms. The van der Waals surface area contributed by atoms with Crippen LogP contribution in [0.25, 0.3) is 0 Å². The lowest BCUT2D eigenvalue weighted by Gasteiger charge is -2.28. The third-order valence-corrected chi connectivity index (χ3v) is 3.96. The maximum Gasteiger partial charge on any atom is 0.422 e. The van der Waals surface area contributed by atoms with E-state index in [1.807, 2.05) is 0 Å². The number of aryl methyl sites for hydroxylation is 1. The predicted molar refractivity (Wildman–Crippen MR) is 79.7 cm³/mol. The Hall–Kier alpha value is -1.92. The molecule has 0 unspecified atom stereocenters. The number of ether oxygens (including phenoxy) is 1. The average Bonchev–Trinajstić information content (AvgIpc) is 2.47. The summed E-state index contributed by atoms with van der Waals surface area (Å²) in [5, 5.41) is 12.2. The zero-order valence-corrected chi connectivity index (χ0v) is 12.8. The van der Waals surface area contributed by atoms with Crippen LogP contribution in [0.15, 0.2) is 18.2 Å². The maximum atomic E-state index is 12.3. The third kappa shape index (κ3) is 5.33. The highest BCUT2D eigenvalue weighted by Gasteiger charge is 2.29. The van der Waals surface area contributed by atoms with Gasteiger partial charge in [-0.25, -0.2) is 0 Å². The molecule has 1 aromatic carbocycles. The van der Waals surface area contributed by atoms with E-state index in [9.17, 15) is 18.0 Å². The second-order valence-corrected chi connectivity index (χ2v) is 5.93. The first-order valence-electron chi connectivity index (χ1n) is 7.54. The predicted octanol–water partition coefficient (Wildman–Crippen LogP) is 3.99. The molecule has 0 bridgehead atoms. The summed E-state index contributed by atoms with van der Waals surface area (Å²) in [6.07, 6.45) is -1.91. The van der Waals surface area contributed by atoms with Crippen molar-refractivity contribution in [3.8, 4) is 5.75 Å². The SMILES string of the molecule is Cc1ccc(NC2CCC(C(=O)O)CC2)c(OCC(F)(F)F)c1. The number of hydrogen-bond donors (Lipinski definition) is 2. The van der Waals surface area contributed by atoms with Crippen molar-refractivity contribution in [3.05, 3.63) is 23.8 Å². The molecule has 0 spiro atoms. The zero-order valence-electron chi connectivity index (χ0n) is 12.8. The molecular formula is C16H20F3NO3. The van der Waals surface area contributed by atoms with Gasteiger partial charge in [-0.05, 0) is 50.3 Å². The second-order valence-electron chi connectivity index (χ2n) is 5.93. The molecule has 1 saturated carbocycles. The van der Waals surface area contributed by atoms with E-state index >= 15 is 0 Å². The number of carbonyl (C=O) groups is 1. The summed E-state index contributed by atoms with van der Waals surface area (Å²) in [4.78, 5) is 10.9. The molecule has 2 N–H and O–H groups in total. The fourth-order valence-corrected chi connectivity index (χ4v) is 2.73. The minimum absolute atomic E-state index is 0.0431. The lowest BCUT2D eigenvalue weighted by molar-refractivity contribution is -0.153. The number of alkyl halides is 3. The number of rotatable bonds is 5. The highest BCUT2D eigenvalue weighted by atomic mass is 19.4. The number of aliphatic carboxylic acids is 1. The molecule has 0 saturated heterocycles. The first kappa shape index (κ1) is 17.4. The molecule has 2 rings (SSSR count). The van der Waals surface area contributed by atoms with E-state index in [1.54, 1.807) is 25.1 Å². The van der Waals surface area contributed by atoms with Crippen molar-refractivity contribution in [2.45, 2.75) is 44.8 Å². The molecule has 1 aromatic rings. The van der Waals surface area contributed by atoms with Crippen LogP contribution in [0.4, 0.5) is 18.9 Å². The van der Waals surface area contributed by atoms with Gasteiger partial charge in [0.2, 0.25) is 0 Å². The summed E-state index contributed by atoms with van der Waals surface area (Å²) in [6, 6.07) is 5.11. The van der Waals surface area contributed by atoms with E-state index in [2.05, 4.69) is 5.32 Å². The molecule has 0 amide bonds. The van der Waals surface area contributed by atoms with Crippen molar-refractivity contribution >= 4 is 11.7 Å². The van der Waals surface area contributed by atoms with E-state index in [4.69, 9.17) is 9.84 Å². The topological polar surface area (TPSA) is 58.6 Å². The summed E-state index contributed by atoms with van der Waals surface area (Å²) in [7, 11) is 0. The number of carboxylic acids is 1. The summed E-state index contributed by atoms with van der Waals surface area (Å²) < 4.78 is 42.0. The van der Waals surface area contributed by atoms with Crippen LogP contribution in [-0.4, -0.2) is 29.9 Å². The van der Waals surface area contributed by atoms with E-state index in [1.165, 1.54) is 0 Å². The summed E-state index contributed by atoms with van der Waals surface area (Å²) in [5.41, 5.74) is 1.32. The molecule has 0 aromatic heterocycles. The number of carboxylic acid groups (broad SMARTS) is 1. The number of anilines is 1. The van der Waals surface area contributed by atoms with Crippen LogP contribution in [0, 0.1) is 12.8 Å². The fraction of sp³-hybridized carbons (Fsp3) is 0.562. The van der Waals surface area contributed by atoms with Crippen LogP contribution in [0.3, 0.4) is 0 Å². The summed E-state index contributed by atoms with van der Waals surface area (Å²) in [6.45, 7) is 0.444. The van der Waals surface area contributed by atoms with Crippen LogP contribution >= 0.6 is 0 Å². The molecule has 0 aliphatic heterocycles. The second kappa shape index (κ2) is 7.10. The van der Waals surface area contributed by atoms with Gasteiger partial charge >= 0.3 is 12.1 Å². The van der Waals surface area contributed by atoms with Gasteiger partial charge in [-0.3, -0.25) is 4.79 Å². The van der Waals surface area contributed by atoms with E-state index in [0.717, 1.165) is 5.56 Å². The van der Waals surface area contributed by atoms with Gasteiger partial charge in [0.1, 0.15) is 5.75 Å². The Labute approximate surface area is 132 Å². The van der Waals surface area contributed by atoms with Gasteiger partial charge in [-0.15, -0.1) is 0 Å². The van der Waals surface area contributed by atoms with Gasteiger partial charge in [0.15, 0.2) is 6.61 Å². The Kier molecular flexibility index (Phi) is 5.38. The third-order valence-electron chi connectivity index (χ3n) is 3.96. The van der Waals surface area contributed by atoms with Crippen molar-refractivity contribution in [1.82, 2.24) is 0 Å². The van der Waals surface area contributed by atoms with Gasteiger partial charge in [-0.1, -0.05) is 6.07 Å². The zero-order chi connectivity index (χ0) is 17.0. The molecule has 1 aliphatic rings. The Bertz CT molecular complexity index is 552. The highest BCUT2D eigenvalue weighted by Crippen LogP contribution is 2.32. The minimum Gasteiger partial charge on any atom is -0.482 e. The first-order valence-corrected chi connectivity index (χ1v) is 7.54. The van der Waals surface area contributed by atoms with Crippen molar-refractivity contribution in [3.63, 3.8) is 0 Å². The maximum absolute atomic E-state index is 12.3. The van der Waals surface area contributed by atoms with Gasteiger partial charge in [0, 0.05) is 6.04 Å². The molecule has 1 fully saturated rings. The number of halogens is 3. The molecule has 128 valence electrons. The monoisotopic (exact) mass is 331 g/mol. The molecule has 23 heavy (non-hydrogen) atoms. The molecule has 0 heterocycles. The van der Waals surface area contributed by atoms with Crippen LogP contribution < -0.4 is 10.1 Å². The first-order chi connectivity index (χ1) is 10.7. The largest absolute Gasteiger partial charge is 0.482 e. The number of hydrogen-bond acceptors (Lipinski definition) is 3. The smallest absolute Gasteiger partial charge is 0.422 e. The summed E-state index contributed by atoms with van der Waals surface area (Å²) in [5.74, 6) is -0.942. The quantitative estimate of drug-likeness (QED) is 0.856. The van der Waals surface area contributed by atoms with Crippen molar-refractivity contribution < 1.29 is 27.8 Å². The lowest BCUT2D eigenvalue weighted by Crippen LogP contribution is -2.29. The van der Waals surface area contributed by atoms with Gasteiger partial charge in [0.05, 0.1) is 11.6 Å². The van der Waals surface area contributed by atoms with Crippen LogP contribution in [0.5, 0.6) is 5.75 Å². The van der Waals surface area contributed by atoms with Crippen molar-refractivity contribution in [2.75, 3.05) is 11.9 Å². The Morgan fingerprint density at radius 2 is 1.96 bits per heavy atom. The Morgan fingerprint density at radius 1 is 1.30 bits per heavy atom. The lowest BCUT2D eigenvalue weighted by atomic mass is 9.86. The average molecular weight is 331 g/mol. The van der Waals surface area contributed by atoms with Crippen molar-refractivity contribution in [2.24, 2.45) is 5.92 Å². The van der Waals surface area contributed by atoms with E-state index in [0.29, 0.717) is 31.4 Å². The molecular weight excluding hydrogens is 311 g/mol. The van der Waals surface area contributed by atoms with E-state index < -0.39 is 18.8 Å². The Morgan fingerprint density at radius 3 is 2.52 bits per heavy atom. The van der Waals surface area contributed by atoms with Gasteiger partial charge in [0.25, 0.3) is 0 Å². The molecule has 0 radical (unpaired) electrons. The standard InChI is InChI=1S/C16H20F3NO3/c1-10-2-7-13(14(8-10)23-9-16(17,18)19)20-12-5-3-11(4-6-12)15(21)22/h2,7-8,11-12,20H,3-6,9H2,1H3,(H,21,22). The fourth-order valence-electron chi connectivity index (χ4n) is 2.73. The number of benzene rings is 1. The van der Waals surface area contributed by atoms with Crippen molar-refractivity contribution in [1.29, 1.82) is 0 Å². The van der Waals surface area contributed by atoms with Gasteiger partial charge < -0.3 is 15.2 Å². The van der Waals surface area contributed by atoms with Crippen LogP contribution in [0.2, 0.25) is 0 Å². The molecule has 4 nitrogen and oxygen atoms in total. The highest BCUT2D eigenvalue weighted by molar-refractivity contribution is 5.70. The number of nitrogens with one attached hydrogen (secondary N) is 1. The summed E-state index contributed by atoms with van der Waals surface area (Å²) >= 11 is 0. The Balaban J connectivity index is 2.01. The molecule has 0 atom stereocenters. The van der Waals surface area contributed by atoms with Gasteiger partial charge in [-0.2, -0.15) is 13.2 Å². The van der Waals surface area contributed by atoms with E-state index in [-0.39, 0.29) is 17.7 Å². The van der Waals surface area contributed by atoms with Crippen LogP contribution in [0.1, 0.15) is 31.2 Å². The molecule has 1 aliphatic carbocycles. The normalized spacial score (nSPS) is 21.7. The van der Waals surface area contributed by atoms with Crippen LogP contribution in [-0.2, 0) is 4.79 Å².